The standard InChI is InChI=1S/C13H14FN3O3/c14-10-2-1-8(16-7-18)5-9(10)13-3-4-19-11(13)6-20-12(15)17-13/h1-2,5,7,11H,3-4,6H2,(H2,15,17)(H,16,18)/t11-,13+/m0/s1. The SMILES string of the molecule is NC1=N[C@@]2(c3cc(NC=O)ccc3F)CCO[C@H]2CO1. The Morgan fingerprint density at radius 2 is 2.40 bits per heavy atom. The number of nitrogens with one attached hydrogen (secondary N) is 1. The molecule has 0 bridgehead atoms. The van der Waals surface area contributed by atoms with Crippen molar-refractivity contribution < 1.29 is 18.7 Å². The van der Waals surface area contributed by atoms with Crippen molar-refractivity contribution in [1.29, 1.82) is 0 Å². The number of nitrogens with zero attached hydrogens (tertiary/aromatic N) is 1. The van der Waals surface area contributed by atoms with E-state index in [0.717, 1.165) is 0 Å². The van der Waals surface area contributed by atoms with Crippen molar-refractivity contribution in [2.24, 2.45) is 10.7 Å². The predicted molar refractivity (Wildman–Crippen MR) is 69.7 cm³/mol. The summed E-state index contributed by atoms with van der Waals surface area (Å²) in [7, 11) is 0. The Kier molecular flexibility index (Phi) is 3.06. The van der Waals surface area contributed by atoms with E-state index in [0.29, 0.717) is 30.7 Å². The number of hydrogen-bond donors (Lipinski definition) is 2. The lowest BCUT2D eigenvalue weighted by molar-refractivity contribution is -0.105. The van der Waals surface area contributed by atoms with Crippen LogP contribution in [0.5, 0.6) is 0 Å². The first kappa shape index (κ1) is 12.9. The van der Waals surface area contributed by atoms with Gasteiger partial charge < -0.3 is 20.5 Å². The molecule has 1 aromatic carbocycles. The highest BCUT2D eigenvalue weighted by atomic mass is 19.1. The number of carbonyl (C=O) groups excluding carboxylic acids is 1. The van der Waals surface area contributed by atoms with Crippen molar-refractivity contribution in [3.8, 4) is 0 Å². The van der Waals surface area contributed by atoms with E-state index in [-0.39, 0.29) is 18.7 Å². The predicted octanol–water partition coefficient (Wildman–Crippen LogP) is 0.723. The molecule has 7 heteroatoms. The van der Waals surface area contributed by atoms with Crippen LogP contribution in [0.4, 0.5) is 10.1 Å². The van der Waals surface area contributed by atoms with Gasteiger partial charge in [0.15, 0.2) is 0 Å². The molecule has 0 radical (unpaired) electrons. The quantitative estimate of drug-likeness (QED) is 0.798. The summed E-state index contributed by atoms with van der Waals surface area (Å²) in [6.45, 7) is 0.690. The molecule has 6 nitrogen and oxygen atoms in total. The number of benzene rings is 1. The van der Waals surface area contributed by atoms with E-state index >= 15 is 0 Å². The van der Waals surface area contributed by atoms with E-state index in [9.17, 15) is 9.18 Å². The molecule has 20 heavy (non-hydrogen) atoms. The van der Waals surface area contributed by atoms with E-state index < -0.39 is 11.4 Å². The number of rotatable bonds is 3. The topological polar surface area (TPSA) is 85.9 Å². The van der Waals surface area contributed by atoms with Crippen molar-refractivity contribution in [3.63, 3.8) is 0 Å². The minimum Gasteiger partial charge on any atom is -0.463 e. The lowest BCUT2D eigenvalue weighted by Crippen LogP contribution is -2.45. The van der Waals surface area contributed by atoms with Gasteiger partial charge in [-0.1, -0.05) is 0 Å². The van der Waals surface area contributed by atoms with Crippen LogP contribution >= 0.6 is 0 Å². The summed E-state index contributed by atoms with van der Waals surface area (Å²) >= 11 is 0. The highest BCUT2D eigenvalue weighted by molar-refractivity contribution is 5.74. The molecule has 1 amide bonds. The highest BCUT2D eigenvalue weighted by Gasteiger charge is 2.50. The van der Waals surface area contributed by atoms with Gasteiger partial charge in [-0.05, 0) is 18.2 Å². The maximum absolute atomic E-state index is 14.2. The Morgan fingerprint density at radius 3 is 3.20 bits per heavy atom. The largest absolute Gasteiger partial charge is 0.463 e. The molecule has 3 N–H and O–H groups in total. The maximum Gasteiger partial charge on any atom is 0.283 e. The van der Waals surface area contributed by atoms with Crippen LogP contribution < -0.4 is 11.1 Å². The van der Waals surface area contributed by atoms with E-state index in [1.807, 2.05) is 0 Å². The average Bonchev–Trinajstić information content (AvgIpc) is 2.85. The van der Waals surface area contributed by atoms with Gasteiger partial charge in [-0.25, -0.2) is 9.38 Å². The molecule has 1 saturated heterocycles. The van der Waals surface area contributed by atoms with Crippen LogP contribution in [-0.4, -0.2) is 31.7 Å². The zero-order valence-corrected chi connectivity index (χ0v) is 10.6. The summed E-state index contributed by atoms with van der Waals surface area (Å²) in [4.78, 5) is 14.8. The van der Waals surface area contributed by atoms with Crippen LogP contribution in [0.2, 0.25) is 0 Å². The molecule has 106 valence electrons. The third kappa shape index (κ3) is 1.90. The van der Waals surface area contributed by atoms with Crippen LogP contribution in [-0.2, 0) is 19.8 Å². The Morgan fingerprint density at radius 1 is 1.55 bits per heavy atom. The number of ether oxygens (including phenoxy) is 2. The summed E-state index contributed by atoms with van der Waals surface area (Å²) < 4.78 is 25.0. The average molecular weight is 279 g/mol. The number of nitrogens with two attached hydrogens (primary N) is 1. The fraction of sp³-hybridized carbons (Fsp3) is 0.385. The molecule has 1 aromatic rings. The molecule has 0 spiro atoms. The van der Waals surface area contributed by atoms with Crippen LogP contribution in [0.15, 0.2) is 23.2 Å². The number of anilines is 1. The molecule has 2 aliphatic rings. The molecule has 0 saturated carbocycles. The maximum atomic E-state index is 14.2. The normalized spacial score (nSPS) is 28.2. The monoisotopic (exact) mass is 279 g/mol. The number of amides is 1. The van der Waals surface area contributed by atoms with Gasteiger partial charge in [0.25, 0.3) is 6.02 Å². The Hall–Kier alpha value is -2.15. The zero-order valence-electron chi connectivity index (χ0n) is 10.6. The fourth-order valence-electron chi connectivity index (χ4n) is 2.74. The molecule has 0 unspecified atom stereocenters. The number of aliphatic imine (C=N–C) groups is 1. The van der Waals surface area contributed by atoms with Crippen molar-refractivity contribution in [2.45, 2.75) is 18.1 Å². The van der Waals surface area contributed by atoms with Gasteiger partial charge in [0.1, 0.15) is 24.1 Å². The molecule has 2 heterocycles. The van der Waals surface area contributed by atoms with E-state index in [4.69, 9.17) is 15.2 Å². The Bertz CT molecular complexity index is 578. The fourth-order valence-corrected chi connectivity index (χ4v) is 2.74. The molecular weight excluding hydrogens is 265 g/mol. The molecule has 0 aromatic heterocycles. The van der Waals surface area contributed by atoms with Gasteiger partial charge in [0.05, 0.1) is 6.61 Å². The first-order valence-corrected chi connectivity index (χ1v) is 6.25. The number of carbonyl (C=O) groups is 1. The Labute approximate surface area is 114 Å². The first-order chi connectivity index (χ1) is 9.65. The van der Waals surface area contributed by atoms with Gasteiger partial charge in [-0.15, -0.1) is 0 Å². The number of fused-ring (bicyclic) bond motifs is 1. The molecule has 2 aliphatic heterocycles. The summed E-state index contributed by atoms with van der Waals surface area (Å²) in [5.74, 6) is -0.407. The lowest BCUT2D eigenvalue weighted by atomic mass is 9.83. The lowest BCUT2D eigenvalue weighted by Gasteiger charge is -2.34. The summed E-state index contributed by atoms with van der Waals surface area (Å²) in [6, 6.07) is 4.38. The zero-order chi connectivity index (χ0) is 14.2. The minimum absolute atomic E-state index is 0.0277. The van der Waals surface area contributed by atoms with E-state index in [2.05, 4.69) is 10.3 Å². The van der Waals surface area contributed by atoms with Crippen molar-refractivity contribution >= 4 is 18.1 Å². The third-order valence-electron chi connectivity index (χ3n) is 3.69. The van der Waals surface area contributed by atoms with E-state index in [1.165, 1.54) is 12.1 Å². The van der Waals surface area contributed by atoms with Gasteiger partial charge in [-0.2, -0.15) is 0 Å². The van der Waals surface area contributed by atoms with Gasteiger partial charge in [0, 0.05) is 17.7 Å². The second-order valence-corrected chi connectivity index (χ2v) is 4.75. The van der Waals surface area contributed by atoms with Crippen molar-refractivity contribution in [1.82, 2.24) is 0 Å². The number of hydrogen-bond acceptors (Lipinski definition) is 5. The first-order valence-electron chi connectivity index (χ1n) is 6.25. The second kappa shape index (κ2) is 4.75. The Balaban J connectivity index is 2.12. The summed E-state index contributed by atoms with van der Waals surface area (Å²) in [5, 5.41) is 2.50. The summed E-state index contributed by atoms with van der Waals surface area (Å²) in [5.41, 5.74) is 5.61. The summed E-state index contributed by atoms with van der Waals surface area (Å²) in [6.07, 6.45) is 0.679. The molecule has 1 fully saturated rings. The number of halogens is 1. The second-order valence-electron chi connectivity index (χ2n) is 4.75. The molecular formula is C13H14FN3O3. The minimum atomic E-state index is -0.882. The highest BCUT2D eigenvalue weighted by Crippen LogP contribution is 2.43. The smallest absolute Gasteiger partial charge is 0.283 e. The van der Waals surface area contributed by atoms with Crippen molar-refractivity contribution in [2.75, 3.05) is 18.5 Å². The van der Waals surface area contributed by atoms with Crippen LogP contribution in [0.1, 0.15) is 12.0 Å². The van der Waals surface area contributed by atoms with Crippen LogP contribution in [0.3, 0.4) is 0 Å². The molecule has 2 atom stereocenters. The van der Waals surface area contributed by atoms with Gasteiger partial charge in [-0.3, -0.25) is 4.79 Å². The van der Waals surface area contributed by atoms with Crippen LogP contribution in [0, 0.1) is 5.82 Å². The molecule has 0 aliphatic carbocycles. The van der Waals surface area contributed by atoms with E-state index in [1.54, 1.807) is 6.07 Å². The number of amidine groups is 1. The third-order valence-corrected chi connectivity index (χ3v) is 3.69. The van der Waals surface area contributed by atoms with Gasteiger partial charge >= 0.3 is 0 Å². The van der Waals surface area contributed by atoms with Crippen molar-refractivity contribution in [3.05, 3.63) is 29.6 Å². The van der Waals surface area contributed by atoms with Gasteiger partial charge in [0.2, 0.25) is 6.41 Å². The molecule has 3 rings (SSSR count). The van der Waals surface area contributed by atoms with Crippen LogP contribution in [0.25, 0.3) is 0 Å².